The number of phenols is 1. The highest BCUT2D eigenvalue weighted by Gasteiger charge is 2.37. The van der Waals surface area contributed by atoms with Gasteiger partial charge in [-0.2, -0.15) is 0 Å². The van der Waals surface area contributed by atoms with Crippen molar-refractivity contribution >= 4 is 35.3 Å². The summed E-state index contributed by atoms with van der Waals surface area (Å²) in [5, 5.41) is 45.0. The molecule has 2 aliphatic rings. The van der Waals surface area contributed by atoms with Crippen LogP contribution >= 0.6 is 0 Å². The molecule has 3 aromatic rings. The molecule has 5 rings (SSSR count). The van der Waals surface area contributed by atoms with Crippen LogP contribution in [-0.2, 0) is 36.8 Å². The van der Waals surface area contributed by atoms with Gasteiger partial charge in [0.25, 0.3) is 0 Å². The molecule has 0 aromatic heterocycles. The third kappa shape index (κ3) is 15.0. The number of ether oxygens (including phenoxy) is 2. The highest BCUT2D eigenvalue weighted by Crippen LogP contribution is 2.44. The monoisotopic (exact) mass is 874 g/mol. The second-order valence-electron chi connectivity index (χ2n) is 16.4. The number of nitro groups is 1. The van der Waals surface area contributed by atoms with Crippen molar-refractivity contribution in [1.82, 2.24) is 21.3 Å². The van der Waals surface area contributed by atoms with E-state index < -0.39 is 76.2 Å². The van der Waals surface area contributed by atoms with Gasteiger partial charge in [-0.15, -0.1) is 0 Å². The van der Waals surface area contributed by atoms with E-state index in [-0.39, 0.29) is 60.0 Å². The quantitative estimate of drug-likeness (QED) is 0.0376. The number of phenolic OH excluding ortho intramolecular Hbond substituents is 1. The number of aromatic hydroxyl groups is 1. The lowest BCUT2D eigenvalue weighted by Crippen LogP contribution is -2.58. The molecule has 0 fully saturated rings. The molecule has 4 amide bonds. The summed E-state index contributed by atoms with van der Waals surface area (Å²) in [6, 6.07) is 7.64. The van der Waals surface area contributed by atoms with Crippen LogP contribution in [0.15, 0.2) is 60.7 Å². The summed E-state index contributed by atoms with van der Waals surface area (Å²) in [7, 11) is 1.22. The predicted octanol–water partition coefficient (Wildman–Crippen LogP) is 5.89. The number of nitrogens with two attached hydrogens (primary N) is 1. The van der Waals surface area contributed by atoms with E-state index in [1.54, 1.807) is 30.3 Å². The fourth-order valence-electron chi connectivity index (χ4n) is 7.52. The molecular weight excluding hydrogens is 813 g/mol. The Morgan fingerprint density at radius 3 is 2.22 bits per heavy atom. The van der Waals surface area contributed by atoms with E-state index >= 15 is 0 Å². The van der Waals surface area contributed by atoms with Crippen molar-refractivity contribution < 1.29 is 48.6 Å². The minimum atomic E-state index is -1.84. The van der Waals surface area contributed by atoms with E-state index in [2.05, 4.69) is 28.2 Å². The van der Waals surface area contributed by atoms with Gasteiger partial charge < -0.3 is 46.7 Å². The van der Waals surface area contributed by atoms with E-state index in [9.17, 15) is 44.3 Å². The number of amides is 4. The minimum Gasteiger partial charge on any atom is -0.504 e. The Morgan fingerprint density at radius 1 is 0.937 bits per heavy atom. The lowest BCUT2D eigenvalue weighted by Gasteiger charge is -2.30. The van der Waals surface area contributed by atoms with Crippen molar-refractivity contribution in [1.29, 1.82) is 0 Å². The van der Waals surface area contributed by atoms with Gasteiger partial charge in [-0.1, -0.05) is 109 Å². The van der Waals surface area contributed by atoms with Crippen molar-refractivity contribution in [3.63, 3.8) is 0 Å². The summed E-state index contributed by atoms with van der Waals surface area (Å²) < 4.78 is 11.4. The van der Waals surface area contributed by atoms with Crippen LogP contribution in [0.1, 0.15) is 114 Å². The third-order valence-electron chi connectivity index (χ3n) is 10.8. The van der Waals surface area contributed by atoms with Crippen LogP contribution in [0.5, 0.6) is 23.0 Å². The largest absolute Gasteiger partial charge is 0.504 e. The van der Waals surface area contributed by atoms with E-state index in [0.29, 0.717) is 12.0 Å². The van der Waals surface area contributed by atoms with Gasteiger partial charge in [0.15, 0.2) is 17.5 Å². The number of nitrogens with zero attached hydrogens (tertiary/aromatic N) is 1. The van der Waals surface area contributed by atoms with E-state index in [1.807, 2.05) is 13.8 Å². The molecule has 2 aliphatic heterocycles. The molecule has 0 saturated heterocycles. The summed E-state index contributed by atoms with van der Waals surface area (Å²) in [6.07, 6.45) is 8.89. The number of benzene rings is 3. The van der Waals surface area contributed by atoms with Gasteiger partial charge in [-0.3, -0.25) is 29.3 Å². The number of rotatable bonds is 21. The molecule has 8 N–H and O–H groups in total. The maximum absolute atomic E-state index is 14.6. The first-order valence-electron chi connectivity index (χ1n) is 21.7. The number of nitro benzene ring substituents is 1. The summed E-state index contributed by atoms with van der Waals surface area (Å²) in [4.78, 5) is 80.6. The number of methoxy groups -OCH3 is 1. The molecule has 63 heavy (non-hydrogen) atoms. The Balaban J connectivity index is 1.80. The van der Waals surface area contributed by atoms with Gasteiger partial charge in [0, 0.05) is 25.3 Å². The first-order valence-corrected chi connectivity index (χ1v) is 21.7. The second kappa shape index (κ2) is 24.4. The molecule has 4 bridgehead atoms. The molecule has 342 valence electrons. The number of carboxylic acid groups (broad SMARTS) is 1. The van der Waals surface area contributed by atoms with Gasteiger partial charge in [0.05, 0.1) is 24.1 Å². The first-order chi connectivity index (χ1) is 30.1. The molecule has 0 spiro atoms. The fraction of sp³-hybridized carbons (Fsp3) is 0.500. The van der Waals surface area contributed by atoms with Gasteiger partial charge in [-0.25, -0.2) is 4.79 Å². The van der Waals surface area contributed by atoms with Crippen LogP contribution < -0.4 is 36.5 Å². The Kier molecular flexibility index (Phi) is 19.2. The smallest absolute Gasteiger partial charge is 0.328 e. The molecule has 17 heteroatoms. The second-order valence-corrected chi connectivity index (χ2v) is 16.4. The molecule has 0 radical (unpaired) electrons. The highest BCUT2D eigenvalue weighted by molar-refractivity contribution is 5.94. The molecule has 2 heterocycles. The number of nitrogens with one attached hydrogen (secondary N) is 4. The number of fused-ring (bicyclic) bond motifs is 9. The zero-order chi connectivity index (χ0) is 46.1. The highest BCUT2D eigenvalue weighted by atomic mass is 16.6. The van der Waals surface area contributed by atoms with Crippen LogP contribution in [0, 0.1) is 16.0 Å². The van der Waals surface area contributed by atoms with Crippen LogP contribution in [0.25, 0.3) is 0 Å². The van der Waals surface area contributed by atoms with Crippen molar-refractivity contribution in [2.75, 3.05) is 7.11 Å². The Bertz CT molecular complexity index is 2050. The van der Waals surface area contributed by atoms with Crippen molar-refractivity contribution in [2.24, 2.45) is 11.7 Å². The SMILES string of the molecule is CCCCCCCCCCCC(=O)N[C@H](C(=O)O)[C@@H]1NC(=O)[C@H](Cc2ccccc2)NC(=O)[C@H](NC(=O)[C@H](N)CC(C)C)Cc2ccc(c([N+](=O)[O-])c2)Oc2cc1cc(O)c2OC. The summed E-state index contributed by atoms with van der Waals surface area (Å²) >= 11 is 0. The number of carbonyl (C=O) groups is 5. The van der Waals surface area contributed by atoms with Crippen molar-refractivity contribution in [2.45, 2.75) is 134 Å². The Labute approximate surface area is 368 Å². The normalized spacial score (nSPS) is 17.5. The molecule has 0 saturated carbocycles. The number of aliphatic carboxylic acids is 1. The van der Waals surface area contributed by atoms with Crippen molar-refractivity contribution in [3.05, 3.63) is 87.5 Å². The van der Waals surface area contributed by atoms with Gasteiger partial charge in [0.2, 0.25) is 35.1 Å². The number of unbranched alkanes of at least 4 members (excludes halogenated alkanes) is 8. The summed E-state index contributed by atoms with van der Waals surface area (Å²) in [5.41, 5.74) is 6.40. The average molecular weight is 875 g/mol. The summed E-state index contributed by atoms with van der Waals surface area (Å²) in [6.45, 7) is 5.91. The Hall–Kier alpha value is -6.23. The summed E-state index contributed by atoms with van der Waals surface area (Å²) in [5.74, 6) is -5.91. The van der Waals surface area contributed by atoms with Gasteiger partial charge >= 0.3 is 11.7 Å². The van der Waals surface area contributed by atoms with E-state index in [1.165, 1.54) is 44.2 Å². The van der Waals surface area contributed by atoms with Crippen LogP contribution in [0.3, 0.4) is 0 Å². The fourth-order valence-corrected chi connectivity index (χ4v) is 7.52. The number of hydrogen-bond donors (Lipinski definition) is 7. The molecule has 5 atom stereocenters. The number of carboxylic acids is 1. The zero-order valence-corrected chi connectivity index (χ0v) is 36.5. The first kappa shape index (κ1) is 49.4. The molecular formula is C46H62N6O11. The molecule has 0 aliphatic carbocycles. The van der Waals surface area contributed by atoms with Crippen LogP contribution in [0.2, 0.25) is 0 Å². The topological polar surface area (TPSA) is 262 Å². The van der Waals surface area contributed by atoms with E-state index in [0.717, 1.165) is 44.6 Å². The number of hydrogen-bond acceptors (Lipinski definition) is 11. The Morgan fingerprint density at radius 2 is 1.60 bits per heavy atom. The molecule has 0 unspecified atom stereocenters. The standard InChI is InChI=1S/C46H62N6O11/c1-5-6-7-8-9-10-11-12-16-19-39(54)50-41(46(58)59)40-31-26-36(53)42(62-4)38(27-31)63-37-21-20-30(25-35(37)52(60)61)24-34(48-43(55)32(47)22-28(2)3)44(56)49-33(45(57)51-40)23-29-17-14-13-15-18-29/h13-15,17-18,20-21,25-28,32-34,40-41,53H,5-12,16,19,22-24,47H2,1-4H3,(H,48,55)(H,49,56)(H,50,54)(H,51,57)(H,58,59)/t32-,33+,34-,40-,41+/m1/s1. The van der Waals surface area contributed by atoms with E-state index in [4.69, 9.17) is 15.2 Å². The lowest BCUT2D eigenvalue weighted by atomic mass is 9.96. The van der Waals surface area contributed by atoms with Gasteiger partial charge in [-0.05, 0) is 53.6 Å². The maximum atomic E-state index is 14.6. The predicted molar refractivity (Wildman–Crippen MR) is 235 cm³/mol. The minimum absolute atomic E-state index is 0.00277. The van der Waals surface area contributed by atoms with Crippen molar-refractivity contribution in [3.8, 4) is 23.0 Å². The molecule has 3 aromatic carbocycles. The zero-order valence-electron chi connectivity index (χ0n) is 36.5. The third-order valence-corrected chi connectivity index (χ3v) is 10.8. The van der Waals surface area contributed by atoms with Crippen LogP contribution in [0.4, 0.5) is 5.69 Å². The lowest BCUT2D eigenvalue weighted by molar-refractivity contribution is -0.385. The average Bonchev–Trinajstić information content (AvgIpc) is 3.23. The van der Waals surface area contributed by atoms with Gasteiger partial charge in [0.1, 0.15) is 12.1 Å². The van der Waals surface area contributed by atoms with Crippen LogP contribution in [-0.4, -0.2) is 76.0 Å². The maximum Gasteiger partial charge on any atom is 0.328 e. The molecule has 17 nitrogen and oxygen atoms in total. The number of carbonyl (C=O) groups excluding carboxylic acids is 4.